The van der Waals surface area contributed by atoms with Crippen LogP contribution in [0.15, 0.2) is 18.2 Å². The third-order valence-corrected chi connectivity index (χ3v) is 2.73. The fraction of sp³-hybridized carbons (Fsp3) is 0.385. The van der Waals surface area contributed by atoms with Crippen molar-refractivity contribution in [1.29, 1.82) is 0 Å². The van der Waals surface area contributed by atoms with Gasteiger partial charge in [-0.15, -0.1) is 0 Å². The predicted molar refractivity (Wildman–Crippen MR) is 67.3 cm³/mol. The van der Waals surface area contributed by atoms with E-state index in [2.05, 4.69) is 5.32 Å². The number of cyclic esters (lactones) is 1. The van der Waals surface area contributed by atoms with Gasteiger partial charge in [0.25, 0.3) is 0 Å². The number of anilines is 1. The maximum absolute atomic E-state index is 11.8. The van der Waals surface area contributed by atoms with Crippen molar-refractivity contribution >= 4 is 17.6 Å². The predicted octanol–water partition coefficient (Wildman–Crippen LogP) is 1.21. The highest BCUT2D eigenvalue weighted by atomic mass is 16.6. The van der Waals surface area contributed by atoms with Crippen molar-refractivity contribution in [3.8, 4) is 5.75 Å². The van der Waals surface area contributed by atoms with E-state index < -0.39 is 18.0 Å². The first-order valence-electron chi connectivity index (χ1n) is 5.94. The number of methoxy groups -OCH3 is 1. The highest BCUT2D eigenvalue weighted by molar-refractivity contribution is 5.98. The Kier molecular flexibility index (Phi) is 3.89. The maximum atomic E-state index is 11.8. The van der Waals surface area contributed by atoms with E-state index >= 15 is 0 Å². The van der Waals surface area contributed by atoms with E-state index in [4.69, 9.17) is 14.2 Å². The molecule has 1 aromatic carbocycles. The summed E-state index contributed by atoms with van der Waals surface area (Å²) >= 11 is 0. The molecule has 0 bridgehead atoms. The van der Waals surface area contributed by atoms with Gasteiger partial charge in [0.05, 0.1) is 25.0 Å². The van der Waals surface area contributed by atoms with Crippen LogP contribution in [0.2, 0.25) is 0 Å². The van der Waals surface area contributed by atoms with Gasteiger partial charge in [-0.2, -0.15) is 0 Å². The van der Waals surface area contributed by atoms with Crippen molar-refractivity contribution in [2.45, 2.75) is 13.0 Å². The number of carbonyl (C=O) groups excluding carboxylic acids is 2. The molecule has 1 heterocycles. The molecule has 1 atom stereocenters. The molecule has 0 spiro atoms. The molecular weight excluding hydrogens is 250 g/mol. The van der Waals surface area contributed by atoms with Crippen LogP contribution in [0.5, 0.6) is 5.75 Å². The van der Waals surface area contributed by atoms with Gasteiger partial charge in [-0.05, 0) is 19.1 Å². The first kappa shape index (κ1) is 13.2. The first-order chi connectivity index (χ1) is 9.15. The summed E-state index contributed by atoms with van der Waals surface area (Å²) < 4.78 is 15.1. The van der Waals surface area contributed by atoms with Crippen LogP contribution in [0.25, 0.3) is 0 Å². The number of ether oxygens (including phenoxy) is 3. The quantitative estimate of drug-likeness (QED) is 0.828. The van der Waals surface area contributed by atoms with Crippen LogP contribution in [-0.4, -0.2) is 38.3 Å². The molecule has 0 radical (unpaired) electrons. The SMILES string of the molecule is CCOC(=O)C1COC(=O)c2ccc(OC)cc2N1. The Morgan fingerprint density at radius 2 is 2.32 bits per heavy atom. The number of rotatable bonds is 3. The second-order valence-corrected chi connectivity index (χ2v) is 3.96. The standard InChI is InChI=1S/C13H15NO5/c1-3-18-13(16)11-7-19-12(15)9-5-4-8(17-2)6-10(9)14-11/h4-6,11,14H,3,7H2,1-2H3. The van der Waals surface area contributed by atoms with Crippen LogP contribution in [0.1, 0.15) is 17.3 Å². The number of esters is 2. The fourth-order valence-corrected chi connectivity index (χ4v) is 1.78. The van der Waals surface area contributed by atoms with Crippen LogP contribution < -0.4 is 10.1 Å². The van der Waals surface area contributed by atoms with Crippen molar-refractivity contribution in [3.05, 3.63) is 23.8 Å². The Hall–Kier alpha value is -2.24. The van der Waals surface area contributed by atoms with Crippen LogP contribution in [0.3, 0.4) is 0 Å². The molecule has 6 heteroatoms. The summed E-state index contributed by atoms with van der Waals surface area (Å²) in [6.07, 6.45) is 0. The molecule has 1 aliphatic rings. The number of fused-ring (bicyclic) bond motifs is 1. The molecule has 0 aliphatic carbocycles. The monoisotopic (exact) mass is 265 g/mol. The summed E-state index contributed by atoms with van der Waals surface area (Å²) in [4.78, 5) is 23.5. The molecule has 1 unspecified atom stereocenters. The molecule has 1 N–H and O–H groups in total. The first-order valence-corrected chi connectivity index (χ1v) is 5.94. The zero-order valence-corrected chi connectivity index (χ0v) is 10.8. The lowest BCUT2D eigenvalue weighted by Gasteiger charge is -2.15. The van der Waals surface area contributed by atoms with E-state index in [1.807, 2.05) is 0 Å². The average Bonchev–Trinajstić information content (AvgIpc) is 2.58. The van der Waals surface area contributed by atoms with Gasteiger partial charge in [0, 0.05) is 6.07 Å². The van der Waals surface area contributed by atoms with Crippen molar-refractivity contribution in [3.63, 3.8) is 0 Å². The number of nitrogens with one attached hydrogen (secondary N) is 1. The molecule has 2 rings (SSSR count). The molecule has 0 saturated carbocycles. The lowest BCUT2D eigenvalue weighted by atomic mass is 10.1. The van der Waals surface area contributed by atoms with Gasteiger partial charge in [0.15, 0.2) is 6.04 Å². The van der Waals surface area contributed by atoms with Crippen LogP contribution in [0.4, 0.5) is 5.69 Å². The summed E-state index contributed by atoms with van der Waals surface area (Å²) in [6, 6.07) is 4.19. The minimum absolute atomic E-state index is 0.0609. The largest absolute Gasteiger partial charge is 0.497 e. The van der Waals surface area contributed by atoms with Crippen molar-refractivity contribution in [2.75, 3.05) is 25.6 Å². The summed E-state index contributed by atoms with van der Waals surface area (Å²) in [7, 11) is 1.53. The molecule has 0 amide bonds. The number of hydrogen-bond acceptors (Lipinski definition) is 6. The van der Waals surface area contributed by atoms with Gasteiger partial charge in [0.1, 0.15) is 12.4 Å². The molecule has 102 valence electrons. The number of benzene rings is 1. The summed E-state index contributed by atoms with van der Waals surface area (Å²) in [6.45, 7) is 1.93. The summed E-state index contributed by atoms with van der Waals surface area (Å²) in [5.74, 6) is -0.341. The third-order valence-electron chi connectivity index (χ3n) is 2.73. The molecule has 6 nitrogen and oxygen atoms in total. The Labute approximate surface area is 110 Å². The average molecular weight is 265 g/mol. The molecule has 1 aromatic rings. The maximum Gasteiger partial charge on any atom is 0.340 e. The van der Waals surface area contributed by atoms with Gasteiger partial charge >= 0.3 is 11.9 Å². The summed E-state index contributed by atoms with van der Waals surface area (Å²) in [5, 5.41) is 2.95. The minimum atomic E-state index is -0.711. The lowest BCUT2D eigenvalue weighted by molar-refractivity contribution is -0.144. The highest BCUT2D eigenvalue weighted by Crippen LogP contribution is 2.26. The molecule has 19 heavy (non-hydrogen) atoms. The third kappa shape index (κ3) is 2.78. The van der Waals surface area contributed by atoms with Crippen molar-refractivity contribution in [2.24, 2.45) is 0 Å². The van der Waals surface area contributed by atoms with E-state index in [0.717, 1.165) is 0 Å². The van der Waals surface area contributed by atoms with Gasteiger partial charge in [-0.1, -0.05) is 0 Å². The highest BCUT2D eigenvalue weighted by Gasteiger charge is 2.28. The van der Waals surface area contributed by atoms with E-state index in [0.29, 0.717) is 17.0 Å². The molecule has 0 saturated heterocycles. The van der Waals surface area contributed by atoms with E-state index in [1.54, 1.807) is 25.1 Å². The van der Waals surface area contributed by atoms with E-state index in [1.165, 1.54) is 7.11 Å². The topological polar surface area (TPSA) is 73.9 Å². The number of carbonyl (C=O) groups is 2. The zero-order chi connectivity index (χ0) is 13.8. The van der Waals surface area contributed by atoms with Gasteiger partial charge in [-0.25, -0.2) is 9.59 Å². The van der Waals surface area contributed by atoms with Gasteiger partial charge in [-0.3, -0.25) is 0 Å². The van der Waals surface area contributed by atoms with Crippen LogP contribution in [-0.2, 0) is 14.3 Å². The smallest absolute Gasteiger partial charge is 0.340 e. The Morgan fingerprint density at radius 1 is 1.53 bits per heavy atom. The van der Waals surface area contributed by atoms with E-state index in [-0.39, 0.29) is 13.2 Å². The second kappa shape index (κ2) is 5.60. The Balaban J connectivity index is 2.29. The lowest BCUT2D eigenvalue weighted by Crippen LogP contribution is -2.34. The van der Waals surface area contributed by atoms with Gasteiger partial charge < -0.3 is 19.5 Å². The van der Waals surface area contributed by atoms with E-state index in [9.17, 15) is 9.59 Å². The van der Waals surface area contributed by atoms with Gasteiger partial charge in [0.2, 0.25) is 0 Å². The summed E-state index contributed by atoms with van der Waals surface area (Å²) in [5.41, 5.74) is 0.868. The minimum Gasteiger partial charge on any atom is -0.497 e. The van der Waals surface area contributed by atoms with Crippen LogP contribution >= 0.6 is 0 Å². The van der Waals surface area contributed by atoms with Crippen molar-refractivity contribution in [1.82, 2.24) is 0 Å². The molecule has 0 aromatic heterocycles. The Morgan fingerprint density at radius 3 is 3.00 bits per heavy atom. The van der Waals surface area contributed by atoms with Crippen LogP contribution in [0, 0.1) is 0 Å². The van der Waals surface area contributed by atoms with Crippen molar-refractivity contribution < 1.29 is 23.8 Å². The molecular formula is C13H15NO5. The number of hydrogen-bond donors (Lipinski definition) is 1. The molecule has 1 aliphatic heterocycles. The normalized spacial score (nSPS) is 17.6. The molecule has 0 fully saturated rings. The Bertz CT molecular complexity index is 500. The zero-order valence-electron chi connectivity index (χ0n) is 10.8. The second-order valence-electron chi connectivity index (χ2n) is 3.96. The fourth-order valence-electron chi connectivity index (χ4n) is 1.78.